The Balaban J connectivity index is 1.24. The lowest BCUT2D eigenvalue weighted by Crippen LogP contribution is -2.30. The maximum absolute atomic E-state index is 12.8. The smallest absolute Gasteiger partial charge is 0.336 e. The lowest BCUT2D eigenvalue weighted by molar-refractivity contribution is -0.140. The minimum atomic E-state index is -0.952. The van der Waals surface area contributed by atoms with Crippen molar-refractivity contribution in [2.75, 3.05) is 0 Å². The van der Waals surface area contributed by atoms with Crippen LogP contribution in [0.1, 0.15) is 94.3 Å². The van der Waals surface area contributed by atoms with Gasteiger partial charge >= 0.3 is 11.9 Å². The van der Waals surface area contributed by atoms with Crippen molar-refractivity contribution in [1.82, 2.24) is 0 Å². The molecule has 0 aliphatic heterocycles. The second-order valence-corrected chi connectivity index (χ2v) is 10.7. The van der Waals surface area contributed by atoms with Crippen LogP contribution in [0.5, 0.6) is 5.75 Å². The fraction of sp³-hybridized carbons (Fsp3) is 0.548. The number of hydrogen-bond donors (Lipinski definition) is 1. The number of ether oxygens (including phenoxy) is 1. The predicted molar refractivity (Wildman–Crippen MR) is 140 cm³/mol. The highest BCUT2D eigenvalue weighted by molar-refractivity contribution is 5.96. The lowest BCUT2D eigenvalue weighted by atomic mass is 9.68. The van der Waals surface area contributed by atoms with Crippen LogP contribution in [0.15, 0.2) is 48.5 Å². The summed E-state index contributed by atoms with van der Waals surface area (Å²) in [5.41, 5.74) is 1.72. The molecule has 2 aliphatic carbocycles. The topological polar surface area (TPSA) is 63.6 Å². The Morgan fingerprint density at radius 1 is 0.829 bits per heavy atom. The molecular weight excluding hydrogens is 436 g/mol. The molecule has 0 unspecified atom stereocenters. The molecule has 0 saturated heterocycles. The van der Waals surface area contributed by atoms with Crippen LogP contribution in [-0.2, 0) is 4.79 Å². The number of unbranched alkanes of at least 4 members (excludes halogenated alkanes) is 2. The number of carboxylic acid groups (broad SMARTS) is 1. The normalized spacial score (nSPS) is 24.6. The molecule has 4 rings (SSSR count). The Morgan fingerprint density at radius 2 is 1.46 bits per heavy atom. The van der Waals surface area contributed by atoms with Gasteiger partial charge in [0.05, 0.1) is 11.5 Å². The number of rotatable bonds is 9. The van der Waals surface area contributed by atoms with E-state index in [1.807, 2.05) is 18.2 Å². The summed E-state index contributed by atoms with van der Waals surface area (Å²) in [5, 5.41) is 9.43. The van der Waals surface area contributed by atoms with Gasteiger partial charge in [-0.25, -0.2) is 4.79 Å². The van der Waals surface area contributed by atoms with E-state index in [0.29, 0.717) is 11.3 Å². The van der Waals surface area contributed by atoms with Crippen molar-refractivity contribution in [3.63, 3.8) is 0 Å². The molecule has 4 nitrogen and oxygen atoms in total. The van der Waals surface area contributed by atoms with Crippen molar-refractivity contribution >= 4 is 11.9 Å². The van der Waals surface area contributed by atoms with E-state index in [1.54, 1.807) is 30.3 Å². The van der Waals surface area contributed by atoms with Crippen LogP contribution in [0.3, 0.4) is 0 Å². The van der Waals surface area contributed by atoms with Crippen LogP contribution in [0.4, 0.5) is 0 Å². The minimum Gasteiger partial charge on any atom is -0.478 e. The molecule has 4 heteroatoms. The second-order valence-electron chi connectivity index (χ2n) is 10.7. The van der Waals surface area contributed by atoms with E-state index in [1.165, 1.54) is 51.4 Å². The predicted octanol–water partition coefficient (Wildman–Crippen LogP) is 8.15. The summed E-state index contributed by atoms with van der Waals surface area (Å²) in [6, 6.07) is 14.1. The quantitative estimate of drug-likeness (QED) is 0.225. The van der Waals surface area contributed by atoms with E-state index in [-0.39, 0.29) is 17.5 Å². The summed E-state index contributed by atoms with van der Waals surface area (Å²) < 4.78 is 5.71. The summed E-state index contributed by atoms with van der Waals surface area (Å²) >= 11 is 0. The third-order valence-corrected chi connectivity index (χ3v) is 8.42. The summed E-state index contributed by atoms with van der Waals surface area (Å²) in [6.07, 6.45) is 15.3. The third kappa shape index (κ3) is 6.74. The molecule has 2 fully saturated rings. The largest absolute Gasteiger partial charge is 0.478 e. The SMILES string of the molecule is CCCCCC1CCC(C2CCC(C(=O)Oc3ccc(-c4ccccc4C(=O)O)cc3)CC2)CC1. The molecule has 188 valence electrons. The molecule has 1 N–H and O–H groups in total. The number of carbonyl (C=O) groups is 2. The Hall–Kier alpha value is -2.62. The summed E-state index contributed by atoms with van der Waals surface area (Å²) in [6.45, 7) is 2.28. The maximum Gasteiger partial charge on any atom is 0.336 e. The van der Waals surface area contributed by atoms with Gasteiger partial charge in [0.2, 0.25) is 0 Å². The van der Waals surface area contributed by atoms with Gasteiger partial charge in [-0.2, -0.15) is 0 Å². The monoisotopic (exact) mass is 476 g/mol. The summed E-state index contributed by atoms with van der Waals surface area (Å²) in [5.74, 6) is 2.03. The average molecular weight is 477 g/mol. The molecule has 0 bridgehead atoms. The number of esters is 1. The van der Waals surface area contributed by atoms with Gasteiger partial charge in [0.25, 0.3) is 0 Å². The fourth-order valence-electron chi connectivity index (χ4n) is 6.28. The second kappa shape index (κ2) is 12.4. The molecule has 35 heavy (non-hydrogen) atoms. The first-order valence-corrected chi connectivity index (χ1v) is 13.7. The Kier molecular flexibility index (Phi) is 9.01. The van der Waals surface area contributed by atoms with Gasteiger partial charge in [0.1, 0.15) is 5.75 Å². The van der Waals surface area contributed by atoms with Crippen LogP contribution in [-0.4, -0.2) is 17.0 Å². The average Bonchev–Trinajstić information content (AvgIpc) is 2.90. The Labute approximate surface area is 210 Å². The standard InChI is InChI=1S/C31H40O4/c1-2-3-4-7-22-10-12-23(13-11-22)24-14-16-26(17-15-24)31(34)35-27-20-18-25(19-21-27)28-8-5-6-9-29(28)30(32)33/h5-6,8-9,18-24,26H,2-4,7,10-17H2,1H3,(H,32,33). The highest BCUT2D eigenvalue weighted by Crippen LogP contribution is 2.42. The molecule has 0 spiro atoms. The first kappa shape index (κ1) is 25.5. The van der Waals surface area contributed by atoms with Gasteiger partial charge in [-0.15, -0.1) is 0 Å². The van der Waals surface area contributed by atoms with Crippen LogP contribution in [0, 0.1) is 23.7 Å². The van der Waals surface area contributed by atoms with Crippen LogP contribution < -0.4 is 4.74 Å². The van der Waals surface area contributed by atoms with E-state index in [4.69, 9.17) is 4.74 Å². The van der Waals surface area contributed by atoms with Crippen molar-refractivity contribution in [1.29, 1.82) is 0 Å². The fourth-order valence-corrected chi connectivity index (χ4v) is 6.28. The molecule has 0 aromatic heterocycles. The van der Waals surface area contributed by atoms with E-state index in [9.17, 15) is 14.7 Å². The van der Waals surface area contributed by atoms with Crippen LogP contribution in [0.2, 0.25) is 0 Å². The van der Waals surface area contributed by atoms with Crippen molar-refractivity contribution in [2.45, 2.75) is 84.0 Å². The van der Waals surface area contributed by atoms with Gasteiger partial charge in [-0.1, -0.05) is 75.8 Å². The molecule has 0 radical (unpaired) electrons. The first-order chi connectivity index (χ1) is 17.0. The molecule has 2 saturated carbocycles. The number of benzene rings is 2. The van der Waals surface area contributed by atoms with Crippen molar-refractivity contribution in [3.05, 3.63) is 54.1 Å². The highest BCUT2D eigenvalue weighted by atomic mass is 16.5. The van der Waals surface area contributed by atoms with Gasteiger partial charge in [0.15, 0.2) is 0 Å². The number of aromatic carboxylic acids is 1. The molecular formula is C31H40O4. The lowest BCUT2D eigenvalue weighted by Gasteiger charge is -2.37. The molecule has 0 heterocycles. The van der Waals surface area contributed by atoms with E-state index < -0.39 is 5.97 Å². The zero-order valence-corrected chi connectivity index (χ0v) is 21.1. The molecule has 0 atom stereocenters. The van der Waals surface area contributed by atoms with E-state index in [2.05, 4.69) is 6.92 Å². The van der Waals surface area contributed by atoms with Gasteiger partial charge < -0.3 is 9.84 Å². The highest BCUT2D eigenvalue weighted by Gasteiger charge is 2.33. The summed E-state index contributed by atoms with van der Waals surface area (Å²) in [7, 11) is 0. The van der Waals surface area contributed by atoms with Crippen LogP contribution >= 0.6 is 0 Å². The number of hydrogen-bond acceptors (Lipinski definition) is 3. The Morgan fingerprint density at radius 3 is 2.09 bits per heavy atom. The third-order valence-electron chi connectivity index (χ3n) is 8.42. The van der Waals surface area contributed by atoms with Crippen LogP contribution in [0.25, 0.3) is 11.1 Å². The van der Waals surface area contributed by atoms with E-state index in [0.717, 1.165) is 49.0 Å². The Bertz CT molecular complexity index is 964. The first-order valence-electron chi connectivity index (χ1n) is 13.7. The molecule has 2 aromatic rings. The van der Waals surface area contributed by atoms with Crippen molar-refractivity contribution in [3.8, 4) is 16.9 Å². The maximum atomic E-state index is 12.8. The van der Waals surface area contributed by atoms with E-state index >= 15 is 0 Å². The molecule has 0 amide bonds. The van der Waals surface area contributed by atoms with Crippen molar-refractivity contribution in [2.24, 2.45) is 23.7 Å². The number of carboxylic acids is 1. The van der Waals surface area contributed by atoms with Gasteiger partial charge in [0, 0.05) is 0 Å². The van der Waals surface area contributed by atoms with Gasteiger partial charge in [-0.3, -0.25) is 4.79 Å². The molecule has 2 aliphatic rings. The molecule has 2 aromatic carbocycles. The minimum absolute atomic E-state index is 0.0101. The van der Waals surface area contributed by atoms with Crippen molar-refractivity contribution < 1.29 is 19.4 Å². The summed E-state index contributed by atoms with van der Waals surface area (Å²) in [4.78, 5) is 24.3. The zero-order valence-electron chi connectivity index (χ0n) is 21.1. The van der Waals surface area contributed by atoms with Gasteiger partial charge in [-0.05, 0) is 85.6 Å². The number of carbonyl (C=O) groups excluding carboxylic acids is 1. The zero-order chi connectivity index (χ0) is 24.6.